The molecule has 1 saturated heterocycles. The second-order valence-corrected chi connectivity index (χ2v) is 8.28. The fraction of sp³-hybridized carbons (Fsp3) is 0.391. The van der Waals surface area contributed by atoms with E-state index in [0.29, 0.717) is 55.6 Å². The maximum Gasteiger partial charge on any atom is 0.312 e. The normalized spacial score (nSPS) is 16.3. The van der Waals surface area contributed by atoms with Gasteiger partial charge in [0.1, 0.15) is 17.1 Å². The van der Waals surface area contributed by atoms with E-state index < -0.39 is 5.41 Å². The lowest BCUT2D eigenvalue weighted by molar-refractivity contribution is -0.151. The van der Waals surface area contributed by atoms with Gasteiger partial charge in [-0.3, -0.25) is 14.7 Å². The van der Waals surface area contributed by atoms with Gasteiger partial charge >= 0.3 is 5.97 Å². The van der Waals surface area contributed by atoms with E-state index >= 15 is 0 Å². The number of methoxy groups -OCH3 is 1. The topological polar surface area (TPSA) is 54.4 Å². The number of carbonyl (C=O) groups is 1. The molecule has 0 aromatic heterocycles. The predicted molar refractivity (Wildman–Crippen MR) is 115 cm³/mol. The Morgan fingerprint density at radius 1 is 1.17 bits per heavy atom. The third-order valence-electron chi connectivity index (χ3n) is 5.58. The van der Waals surface area contributed by atoms with Crippen LogP contribution in [0.4, 0.5) is 15.8 Å². The molecule has 30 heavy (non-hydrogen) atoms. The van der Waals surface area contributed by atoms with Gasteiger partial charge in [0, 0.05) is 44.5 Å². The summed E-state index contributed by atoms with van der Waals surface area (Å²) < 4.78 is 26.0. The molecule has 4 rings (SSSR count). The van der Waals surface area contributed by atoms with Crippen LogP contribution in [0.2, 0.25) is 0 Å². The number of piperazine rings is 1. The van der Waals surface area contributed by atoms with Gasteiger partial charge in [0.2, 0.25) is 0 Å². The van der Waals surface area contributed by atoms with E-state index in [1.165, 1.54) is 13.2 Å². The molecule has 0 amide bonds. The number of ether oxygens (including phenoxy) is 2. The van der Waals surface area contributed by atoms with E-state index in [-0.39, 0.29) is 11.8 Å². The first kappa shape index (κ1) is 20.3. The van der Waals surface area contributed by atoms with Gasteiger partial charge in [-0.1, -0.05) is 12.1 Å². The predicted octanol–water partition coefficient (Wildman–Crippen LogP) is 4.00. The van der Waals surface area contributed by atoms with Crippen molar-refractivity contribution < 1.29 is 18.7 Å². The molecule has 2 heterocycles. The standard InChI is InChI=1S/C23H26FN3O3/c1-23(2,22(28)29-3)15-26-10-12-27(13-11-26)20-17(24)8-9-18-21(20)30-19-7-5-4-6-16(19)14-25-18/h4-9,14H,10-13,15H2,1-3H3. The summed E-state index contributed by atoms with van der Waals surface area (Å²) >= 11 is 0. The highest BCUT2D eigenvalue weighted by Gasteiger charge is 2.33. The molecule has 6 nitrogen and oxygen atoms in total. The molecule has 0 unspecified atom stereocenters. The Kier molecular flexibility index (Phi) is 5.47. The van der Waals surface area contributed by atoms with Crippen LogP contribution >= 0.6 is 0 Å². The largest absolute Gasteiger partial charge is 0.469 e. The van der Waals surface area contributed by atoms with Crippen LogP contribution in [0.5, 0.6) is 11.5 Å². The zero-order valence-corrected chi connectivity index (χ0v) is 17.5. The minimum Gasteiger partial charge on any atom is -0.469 e. The van der Waals surface area contributed by atoms with E-state index in [4.69, 9.17) is 9.47 Å². The number of para-hydroxylation sites is 1. The highest BCUT2D eigenvalue weighted by atomic mass is 19.1. The quantitative estimate of drug-likeness (QED) is 0.608. The molecule has 0 bridgehead atoms. The summed E-state index contributed by atoms with van der Waals surface area (Å²) in [6.45, 7) is 7.03. The zero-order valence-electron chi connectivity index (χ0n) is 17.5. The molecule has 2 aromatic carbocycles. The molecular formula is C23H26FN3O3. The van der Waals surface area contributed by atoms with Gasteiger partial charge in [0.25, 0.3) is 0 Å². The van der Waals surface area contributed by atoms with Gasteiger partial charge in [-0.05, 0) is 38.1 Å². The van der Waals surface area contributed by atoms with Crippen molar-refractivity contribution in [3.63, 3.8) is 0 Å². The molecule has 1 fully saturated rings. The zero-order chi connectivity index (χ0) is 21.3. The van der Waals surface area contributed by atoms with Crippen molar-refractivity contribution in [1.82, 2.24) is 4.90 Å². The van der Waals surface area contributed by atoms with Crippen LogP contribution in [0, 0.1) is 11.2 Å². The minimum absolute atomic E-state index is 0.228. The van der Waals surface area contributed by atoms with Crippen LogP contribution in [0.3, 0.4) is 0 Å². The van der Waals surface area contributed by atoms with Gasteiger partial charge in [-0.2, -0.15) is 0 Å². The van der Waals surface area contributed by atoms with Crippen molar-refractivity contribution in [2.24, 2.45) is 10.4 Å². The Labute approximate surface area is 175 Å². The van der Waals surface area contributed by atoms with Crippen molar-refractivity contribution >= 4 is 23.6 Å². The Morgan fingerprint density at radius 3 is 2.63 bits per heavy atom. The third-order valence-corrected chi connectivity index (χ3v) is 5.58. The minimum atomic E-state index is -0.590. The van der Waals surface area contributed by atoms with Crippen LogP contribution < -0.4 is 9.64 Å². The number of benzene rings is 2. The Bertz CT molecular complexity index is 982. The molecule has 0 spiro atoms. The van der Waals surface area contributed by atoms with Gasteiger partial charge < -0.3 is 14.4 Å². The molecule has 0 radical (unpaired) electrons. The summed E-state index contributed by atoms with van der Waals surface area (Å²) in [4.78, 5) is 20.7. The third kappa shape index (κ3) is 3.89. The molecule has 158 valence electrons. The fourth-order valence-corrected chi connectivity index (χ4v) is 3.99. The Hall–Kier alpha value is -2.93. The van der Waals surface area contributed by atoms with Crippen molar-refractivity contribution in [3.8, 4) is 11.5 Å². The second-order valence-electron chi connectivity index (χ2n) is 8.28. The Balaban J connectivity index is 1.55. The second kappa shape index (κ2) is 8.07. The number of fused-ring (bicyclic) bond motifs is 2. The van der Waals surface area contributed by atoms with Crippen molar-refractivity contribution in [1.29, 1.82) is 0 Å². The molecule has 7 heteroatoms. The molecule has 0 atom stereocenters. The number of rotatable bonds is 4. The summed E-state index contributed by atoms with van der Waals surface area (Å²) in [7, 11) is 1.41. The monoisotopic (exact) mass is 411 g/mol. The number of hydrogen-bond donors (Lipinski definition) is 0. The van der Waals surface area contributed by atoms with Crippen LogP contribution in [0.15, 0.2) is 41.4 Å². The van der Waals surface area contributed by atoms with Crippen molar-refractivity contribution in [3.05, 3.63) is 47.8 Å². The van der Waals surface area contributed by atoms with Crippen molar-refractivity contribution in [2.45, 2.75) is 13.8 Å². The first-order valence-electron chi connectivity index (χ1n) is 10.1. The first-order chi connectivity index (χ1) is 14.4. The fourth-order valence-electron chi connectivity index (χ4n) is 3.99. The summed E-state index contributed by atoms with van der Waals surface area (Å²) in [6.07, 6.45) is 1.75. The lowest BCUT2D eigenvalue weighted by atomic mass is 9.92. The number of hydrogen-bond acceptors (Lipinski definition) is 6. The highest BCUT2D eigenvalue weighted by molar-refractivity contribution is 5.89. The lowest BCUT2D eigenvalue weighted by Crippen LogP contribution is -2.50. The molecule has 2 aliphatic rings. The number of aliphatic imine (C=N–C) groups is 1. The first-order valence-corrected chi connectivity index (χ1v) is 10.1. The number of nitrogens with zero attached hydrogens (tertiary/aromatic N) is 3. The highest BCUT2D eigenvalue weighted by Crippen LogP contribution is 2.44. The number of anilines is 1. The number of carbonyl (C=O) groups excluding carboxylic acids is 1. The van der Waals surface area contributed by atoms with Gasteiger partial charge in [-0.25, -0.2) is 4.39 Å². The molecule has 2 aromatic rings. The van der Waals surface area contributed by atoms with E-state index in [9.17, 15) is 9.18 Å². The molecule has 0 aliphatic carbocycles. The maximum absolute atomic E-state index is 14.9. The maximum atomic E-state index is 14.9. The van der Waals surface area contributed by atoms with Gasteiger partial charge in [0.15, 0.2) is 11.6 Å². The smallest absolute Gasteiger partial charge is 0.312 e. The summed E-state index contributed by atoms with van der Waals surface area (Å²) in [5, 5.41) is 0. The number of esters is 1. The lowest BCUT2D eigenvalue weighted by Gasteiger charge is -2.39. The van der Waals surface area contributed by atoms with Crippen LogP contribution in [-0.2, 0) is 9.53 Å². The molecule has 0 saturated carbocycles. The number of halogens is 1. The summed E-state index contributed by atoms with van der Waals surface area (Å²) in [5.74, 6) is 0.547. The Morgan fingerprint density at radius 2 is 1.90 bits per heavy atom. The van der Waals surface area contributed by atoms with E-state index in [1.807, 2.05) is 43.0 Å². The van der Waals surface area contributed by atoms with E-state index in [1.54, 1.807) is 12.3 Å². The van der Waals surface area contributed by atoms with Crippen molar-refractivity contribution in [2.75, 3.05) is 44.7 Å². The molecule has 2 aliphatic heterocycles. The SMILES string of the molecule is COC(=O)C(C)(C)CN1CCN(c2c(F)ccc3c2Oc2ccccc2C=N3)CC1. The van der Waals surface area contributed by atoms with Gasteiger partial charge in [0.05, 0.1) is 12.5 Å². The molecular weight excluding hydrogens is 385 g/mol. The van der Waals surface area contributed by atoms with Crippen LogP contribution in [0.1, 0.15) is 19.4 Å². The van der Waals surface area contributed by atoms with Gasteiger partial charge in [-0.15, -0.1) is 0 Å². The van der Waals surface area contributed by atoms with E-state index in [0.717, 1.165) is 5.56 Å². The summed E-state index contributed by atoms with van der Waals surface area (Å²) in [6, 6.07) is 10.7. The van der Waals surface area contributed by atoms with Crippen LogP contribution in [0.25, 0.3) is 0 Å². The average Bonchev–Trinajstić information content (AvgIpc) is 2.93. The summed E-state index contributed by atoms with van der Waals surface area (Å²) in [5.41, 5.74) is 1.31. The van der Waals surface area contributed by atoms with Crippen LogP contribution in [-0.4, -0.2) is 56.9 Å². The average molecular weight is 411 g/mol. The molecule has 0 N–H and O–H groups in total. The van der Waals surface area contributed by atoms with E-state index in [2.05, 4.69) is 9.89 Å².